The first kappa shape index (κ1) is 26.6. The summed E-state index contributed by atoms with van der Waals surface area (Å²) in [4.78, 5) is 28.4. The Hall–Kier alpha value is -3.46. The Balaban J connectivity index is 1.45. The number of carbonyl (C=O) groups is 2. The molecule has 0 N–H and O–H groups in total. The highest BCUT2D eigenvalue weighted by molar-refractivity contribution is 6.30. The van der Waals surface area contributed by atoms with Crippen LogP contribution >= 0.6 is 11.6 Å². The zero-order valence-electron chi connectivity index (χ0n) is 21.6. The molecule has 3 aromatic rings. The van der Waals surface area contributed by atoms with Crippen LogP contribution in [-0.2, 0) is 22.4 Å². The lowest BCUT2D eigenvalue weighted by Crippen LogP contribution is -2.52. The molecular weight excluding hydrogens is 494 g/mol. The molecule has 1 saturated heterocycles. The molecule has 10 heteroatoms. The van der Waals surface area contributed by atoms with Crippen molar-refractivity contribution in [2.75, 3.05) is 20.2 Å². The second-order valence-electron chi connectivity index (χ2n) is 10.3. The molecule has 9 nitrogen and oxygen atoms in total. The molecule has 0 radical (unpaired) electrons. The van der Waals surface area contributed by atoms with E-state index in [-0.39, 0.29) is 30.3 Å². The predicted octanol–water partition coefficient (Wildman–Crippen LogP) is 4.66. The Bertz CT molecular complexity index is 1210. The molecule has 0 aliphatic carbocycles. The summed E-state index contributed by atoms with van der Waals surface area (Å²) < 4.78 is 10.7. The molecule has 4 rings (SSSR count). The third-order valence-corrected chi connectivity index (χ3v) is 6.33. The van der Waals surface area contributed by atoms with E-state index < -0.39 is 5.60 Å². The van der Waals surface area contributed by atoms with Crippen molar-refractivity contribution >= 4 is 23.5 Å². The number of benzene rings is 2. The van der Waals surface area contributed by atoms with Crippen molar-refractivity contribution in [2.45, 2.75) is 57.6 Å². The number of Topliss-reactive ketones (excluding diaryl/α,β-unsaturated/α-hetero) is 1. The number of halogens is 1. The molecule has 1 fully saturated rings. The van der Waals surface area contributed by atoms with Gasteiger partial charge in [0.25, 0.3) is 0 Å². The number of carbonyl (C=O) groups excluding carboxylic acids is 2. The van der Waals surface area contributed by atoms with E-state index in [1.54, 1.807) is 28.9 Å². The van der Waals surface area contributed by atoms with Gasteiger partial charge in [-0.05, 0) is 67.8 Å². The number of ketones is 1. The average molecular weight is 526 g/mol. The minimum absolute atomic E-state index is 0.0805. The first-order valence-electron chi connectivity index (χ1n) is 12.3. The quantitative estimate of drug-likeness (QED) is 0.400. The summed E-state index contributed by atoms with van der Waals surface area (Å²) >= 11 is 5.98. The molecule has 1 aliphatic heterocycles. The second kappa shape index (κ2) is 11.3. The largest absolute Gasteiger partial charge is 0.497 e. The summed E-state index contributed by atoms with van der Waals surface area (Å²) in [6, 6.07) is 14.9. The smallest absolute Gasteiger partial charge is 0.410 e. The number of tetrazole rings is 1. The Morgan fingerprint density at radius 1 is 1.05 bits per heavy atom. The van der Waals surface area contributed by atoms with Crippen LogP contribution in [0.3, 0.4) is 0 Å². The summed E-state index contributed by atoms with van der Waals surface area (Å²) in [6.45, 7) is 6.41. The molecule has 1 amide bonds. The fourth-order valence-corrected chi connectivity index (χ4v) is 4.24. The van der Waals surface area contributed by atoms with Crippen LogP contribution in [0.15, 0.2) is 48.5 Å². The number of methoxy groups -OCH3 is 1. The van der Waals surface area contributed by atoms with Crippen LogP contribution < -0.4 is 4.74 Å². The van der Waals surface area contributed by atoms with Crippen LogP contribution in [0.5, 0.6) is 5.75 Å². The number of rotatable bonds is 9. The van der Waals surface area contributed by atoms with Crippen LogP contribution in [0.2, 0.25) is 5.02 Å². The standard InChI is InChI=1S/C27H32ClN5O4/c1-27(2,3)37-26(35)32-16-22(17-32)33-30-25(29-31-33)20(13-18-7-11-24(36-4)12-8-18)15-23(34)14-19-5-9-21(28)10-6-19/h5-12,20,22H,13-17H2,1-4H3/t20-/m1/s1. The number of amides is 1. The van der Waals surface area contributed by atoms with Crippen LogP contribution in [0.1, 0.15) is 56.1 Å². The van der Waals surface area contributed by atoms with E-state index in [4.69, 9.17) is 21.1 Å². The lowest BCUT2D eigenvalue weighted by Gasteiger charge is -2.38. The van der Waals surface area contributed by atoms with Gasteiger partial charge in [-0.3, -0.25) is 4.79 Å². The molecule has 2 aromatic carbocycles. The van der Waals surface area contributed by atoms with Gasteiger partial charge >= 0.3 is 6.09 Å². The summed E-state index contributed by atoms with van der Waals surface area (Å²) in [7, 11) is 1.62. The van der Waals surface area contributed by atoms with E-state index in [2.05, 4.69) is 15.4 Å². The number of hydrogen-bond donors (Lipinski definition) is 0. The zero-order chi connectivity index (χ0) is 26.6. The Kier molecular flexibility index (Phi) is 8.12. The minimum Gasteiger partial charge on any atom is -0.497 e. The fraction of sp³-hybridized carbons (Fsp3) is 0.444. The van der Waals surface area contributed by atoms with Crippen LogP contribution in [-0.4, -0.2) is 62.8 Å². The second-order valence-corrected chi connectivity index (χ2v) is 10.7. The van der Waals surface area contributed by atoms with E-state index in [0.717, 1.165) is 16.9 Å². The topological polar surface area (TPSA) is 99.4 Å². The number of aromatic nitrogens is 4. The van der Waals surface area contributed by atoms with Crippen molar-refractivity contribution in [3.8, 4) is 5.75 Å². The van der Waals surface area contributed by atoms with Gasteiger partial charge in [-0.2, -0.15) is 4.80 Å². The predicted molar refractivity (Wildman–Crippen MR) is 139 cm³/mol. The van der Waals surface area contributed by atoms with E-state index in [0.29, 0.717) is 36.8 Å². The van der Waals surface area contributed by atoms with Gasteiger partial charge in [0.2, 0.25) is 0 Å². The number of likely N-dealkylation sites (tertiary alicyclic amines) is 1. The molecule has 1 atom stereocenters. The number of hydrogen-bond acceptors (Lipinski definition) is 7. The first-order valence-corrected chi connectivity index (χ1v) is 12.6. The maximum Gasteiger partial charge on any atom is 0.410 e. The van der Waals surface area contributed by atoms with Gasteiger partial charge in [0.1, 0.15) is 23.2 Å². The third kappa shape index (κ3) is 7.29. The number of nitrogens with zero attached hydrogens (tertiary/aromatic N) is 5. The minimum atomic E-state index is -0.548. The van der Waals surface area contributed by atoms with Gasteiger partial charge in [-0.1, -0.05) is 35.9 Å². The van der Waals surface area contributed by atoms with Crippen molar-refractivity contribution in [3.63, 3.8) is 0 Å². The summed E-state index contributed by atoms with van der Waals surface area (Å²) in [5.74, 6) is 1.11. The molecule has 0 unspecified atom stereocenters. The molecular formula is C27H32ClN5O4. The summed E-state index contributed by atoms with van der Waals surface area (Å²) in [6.07, 6.45) is 0.804. The normalized spacial score (nSPS) is 14.7. The Morgan fingerprint density at radius 2 is 1.70 bits per heavy atom. The van der Waals surface area contributed by atoms with Gasteiger partial charge in [-0.25, -0.2) is 4.79 Å². The van der Waals surface area contributed by atoms with Gasteiger partial charge < -0.3 is 14.4 Å². The van der Waals surface area contributed by atoms with Crippen molar-refractivity contribution in [3.05, 3.63) is 70.5 Å². The third-order valence-electron chi connectivity index (χ3n) is 6.08. The van der Waals surface area contributed by atoms with Gasteiger partial charge in [0, 0.05) is 23.8 Å². The van der Waals surface area contributed by atoms with E-state index in [9.17, 15) is 9.59 Å². The maximum atomic E-state index is 13.0. The Morgan fingerprint density at radius 3 is 2.32 bits per heavy atom. The molecule has 2 heterocycles. The molecule has 196 valence electrons. The van der Waals surface area contributed by atoms with Crippen LogP contribution in [0.4, 0.5) is 4.79 Å². The zero-order valence-corrected chi connectivity index (χ0v) is 22.3. The van der Waals surface area contributed by atoms with Gasteiger partial charge in [0.15, 0.2) is 5.82 Å². The average Bonchev–Trinajstić information content (AvgIpc) is 3.28. The molecule has 1 aliphatic rings. The van der Waals surface area contributed by atoms with Gasteiger partial charge in [0.05, 0.1) is 20.2 Å². The monoisotopic (exact) mass is 525 g/mol. The van der Waals surface area contributed by atoms with Crippen LogP contribution in [0, 0.1) is 0 Å². The van der Waals surface area contributed by atoms with E-state index >= 15 is 0 Å². The lowest BCUT2D eigenvalue weighted by atomic mass is 9.91. The fourth-order valence-electron chi connectivity index (χ4n) is 4.11. The highest BCUT2D eigenvalue weighted by atomic mass is 35.5. The molecule has 37 heavy (non-hydrogen) atoms. The van der Waals surface area contributed by atoms with E-state index in [1.165, 1.54) is 0 Å². The van der Waals surface area contributed by atoms with Crippen molar-refractivity contribution in [1.29, 1.82) is 0 Å². The Labute approximate surface area is 221 Å². The van der Waals surface area contributed by atoms with Crippen molar-refractivity contribution in [1.82, 2.24) is 25.1 Å². The molecule has 0 saturated carbocycles. The van der Waals surface area contributed by atoms with E-state index in [1.807, 2.05) is 57.2 Å². The molecule has 1 aromatic heterocycles. The number of ether oxygens (including phenoxy) is 2. The summed E-state index contributed by atoms with van der Waals surface area (Å²) in [5, 5.41) is 13.8. The molecule has 0 spiro atoms. The lowest BCUT2D eigenvalue weighted by molar-refractivity contribution is -0.118. The summed E-state index contributed by atoms with van der Waals surface area (Å²) in [5.41, 5.74) is 1.40. The highest BCUT2D eigenvalue weighted by Crippen LogP contribution is 2.26. The van der Waals surface area contributed by atoms with Crippen LogP contribution in [0.25, 0.3) is 0 Å². The highest BCUT2D eigenvalue weighted by Gasteiger charge is 2.36. The van der Waals surface area contributed by atoms with Crippen molar-refractivity contribution < 1.29 is 19.1 Å². The maximum absolute atomic E-state index is 13.0. The molecule has 0 bridgehead atoms. The SMILES string of the molecule is COc1ccc(C[C@H](CC(=O)Cc2ccc(Cl)cc2)c2nnn(C3CN(C(=O)OC(C)(C)C)C3)n2)cc1. The van der Waals surface area contributed by atoms with Gasteiger partial charge in [-0.15, -0.1) is 10.2 Å². The van der Waals surface area contributed by atoms with Crippen molar-refractivity contribution in [2.24, 2.45) is 0 Å². The first-order chi connectivity index (χ1) is 17.6.